The van der Waals surface area contributed by atoms with Crippen molar-refractivity contribution < 1.29 is 4.39 Å². The third kappa shape index (κ3) is 1.29. The fraction of sp³-hybridized carbons (Fsp3) is 0.375. The minimum Gasteiger partial charge on any atom is -0.258 e. The molecule has 1 saturated carbocycles. The third-order valence-corrected chi connectivity index (χ3v) is 2.45. The van der Waals surface area contributed by atoms with Gasteiger partial charge in [-0.25, -0.2) is 4.39 Å². The molecule has 1 aliphatic rings. The van der Waals surface area contributed by atoms with Gasteiger partial charge in [-0.3, -0.25) is 4.98 Å². The Hall–Kier alpha value is -0.440. The molecule has 1 aliphatic carbocycles. The van der Waals surface area contributed by atoms with Gasteiger partial charge in [0.25, 0.3) is 0 Å². The first-order chi connectivity index (χ1) is 5.29. The zero-order valence-electron chi connectivity index (χ0n) is 5.85. The lowest BCUT2D eigenvalue weighted by molar-refractivity contribution is 0.593. The Morgan fingerprint density at radius 2 is 2.27 bits per heavy atom. The van der Waals surface area contributed by atoms with Crippen molar-refractivity contribution in [3.63, 3.8) is 0 Å². The van der Waals surface area contributed by atoms with E-state index in [4.69, 9.17) is 0 Å². The van der Waals surface area contributed by atoms with Gasteiger partial charge in [-0.1, -0.05) is 0 Å². The zero-order valence-corrected chi connectivity index (χ0v) is 7.44. The standard InChI is InChI=1S/C8H7BrFN/c9-6-3-4-11-8(7(6)10)5-1-2-5/h3-5H,1-2H2. The average Bonchev–Trinajstić information content (AvgIpc) is 2.77. The number of aromatic nitrogens is 1. The maximum absolute atomic E-state index is 13.2. The van der Waals surface area contributed by atoms with Crippen LogP contribution in [0.5, 0.6) is 0 Å². The summed E-state index contributed by atoms with van der Waals surface area (Å²) in [4.78, 5) is 4.00. The Kier molecular flexibility index (Phi) is 1.68. The molecule has 2 rings (SSSR count). The highest BCUT2D eigenvalue weighted by Crippen LogP contribution is 2.40. The number of nitrogens with zero attached hydrogens (tertiary/aromatic N) is 1. The lowest BCUT2D eigenvalue weighted by atomic mass is 10.2. The first-order valence-electron chi connectivity index (χ1n) is 3.59. The van der Waals surface area contributed by atoms with Crippen molar-refractivity contribution >= 4 is 15.9 Å². The molecule has 0 spiro atoms. The average molecular weight is 216 g/mol. The largest absolute Gasteiger partial charge is 0.258 e. The van der Waals surface area contributed by atoms with Crippen LogP contribution >= 0.6 is 15.9 Å². The molecule has 0 atom stereocenters. The van der Waals surface area contributed by atoms with E-state index in [-0.39, 0.29) is 5.82 Å². The van der Waals surface area contributed by atoms with E-state index in [0.717, 1.165) is 12.8 Å². The van der Waals surface area contributed by atoms with E-state index < -0.39 is 0 Å². The molecule has 58 valence electrons. The summed E-state index contributed by atoms with van der Waals surface area (Å²) in [6.07, 6.45) is 3.81. The van der Waals surface area contributed by atoms with Gasteiger partial charge in [-0.05, 0) is 34.8 Å². The van der Waals surface area contributed by atoms with Gasteiger partial charge in [0.2, 0.25) is 0 Å². The van der Waals surface area contributed by atoms with Crippen molar-refractivity contribution in [3.8, 4) is 0 Å². The summed E-state index contributed by atoms with van der Waals surface area (Å²) in [5.41, 5.74) is 0.624. The molecule has 1 fully saturated rings. The van der Waals surface area contributed by atoms with Crippen molar-refractivity contribution in [2.45, 2.75) is 18.8 Å². The minimum absolute atomic E-state index is 0.185. The van der Waals surface area contributed by atoms with E-state index in [1.165, 1.54) is 0 Å². The van der Waals surface area contributed by atoms with Crippen molar-refractivity contribution in [2.24, 2.45) is 0 Å². The highest BCUT2D eigenvalue weighted by Gasteiger charge is 2.28. The van der Waals surface area contributed by atoms with Crippen LogP contribution in [0.2, 0.25) is 0 Å². The van der Waals surface area contributed by atoms with E-state index in [2.05, 4.69) is 20.9 Å². The van der Waals surface area contributed by atoms with E-state index in [9.17, 15) is 4.39 Å². The summed E-state index contributed by atoms with van der Waals surface area (Å²) in [5.74, 6) is 0.197. The Bertz CT molecular complexity index is 283. The van der Waals surface area contributed by atoms with Crippen molar-refractivity contribution in [1.82, 2.24) is 4.98 Å². The molecule has 0 amide bonds. The van der Waals surface area contributed by atoms with Crippen LogP contribution < -0.4 is 0 Å². The topological polar surface area (TPSA) is 12.9 Å². The fourth-order valence-corrected chi connectivity index (χ4v) is 1.40. The number of hydrogen-bond acceptors (Lipinski definition) is 1. The highest BCUT2D eigenvalue weighted by molar-refractivity contribution is 9.10. The monoisotopic (exact) mass is 215 g/mol. The van der Waals surface area contributed by atoms with Crippen LogP contribution in [0.15, 0.2) is 16.7 Å². The second-order valence-electron chi connectivity index (χ2n) is 2.77. The SMILES string of the molecule is Fc1c(Br)ccnc1C1CC1. The van der Waals surface area contributed by atoms with E-state index in [1.807, 2.05) is 0 Å². The number of halogens is 2. The quantitative estimate of drug-likeness (QED) is 0.703. The van der Waals surface area contributed by atoms with Gasteiger partial charge < -0.3 is 0 Å². The third-order valence-electron chi connectivity index (χ3n) is 1.83. The van der Waals surface area contributed by atoms with Gasteiger partial charge in [0.1, 0.15) is 0 Å². The summed E-state index contributed by atoms with van der Waals surface area (Å²) in [7, 11) is 0. The second kappa shape index (κ2) is 2.55. The summed E-state index contributed by atoms with van der Waals surface area (Å²) < 4.78 is 13.7. The van der Waals surface area contributed by atoms with Gasteiger partial charge >= 0.3 is 0 Å². The highest BCUT2D eigenvalue weighted by atomic mass is 79.9. The van der Waals surface area contributed by atoms with Gasteiger partial charge in [-0.15, -0.1) is 0 Å². The van der Waals surface area contributed by atoms with Gasteiger partial charge in [0.05, 0.1) is 10.2 Å². The summed E-state index contributed by atoms with van der Waals surface area (Å²) in [6, 6.07) is 1.63. The Morgan fingerprint density at radius 1 is 1.55 bits per heavy atom. The number of pyridine rings is 1. The molecule has 1 heterocycles. The predicted octanol–water partition coefficient (Wildman–Crippen LogP) is 2.86. The van der Waals surface area contributed by atoms with E-state index >= 15 is 0 Å². The van der Waals surface area contributed by atoms with Crippen LogP contribution in [0.1, 0.15) is 24.5 Å². The lowest BCUT2D eigenvalue weighted by Gasteiger charge is -1.99. The predicted molar refractivity (Wildman–Crippen MR) is 43.9 cm³/mol. The molecule has 0 bridgehead atoms. The molecule has 1 aromatic rings. The molecular weight excluding hydrogens is 209 g/mol. The van der Waals surface area contributed by atoms with Crippen molar-refractivity contribution in [2.75, 3.05) is 0 Å². The molecule has 0 saturated heterocycles. The van der Waals surface area contributed by atoms with Crippen LogP contribution in [0, 0.1) is 5.82 Å². The minimum atomic E-state index is -0.185. The molecule has 0 radical (unpaired) electrons. The lowest BCUT2D eigenvalue weighted by Crippen LogP contribution is -1.92. The molecule has 11 heavy (non-hydrogen) atoms. The Labute approximate surface area is 72.8 Å². The summed E-state index contributed by atoms with van der Waals surface area (Å²) in [5, 5.41) is 0. The number of rotatable bonds is 1. The number of hydrogen-bond donors (Lipinski definition) is 0. The molecular formula is C8H7BrFN. The molecule has 1 nitrogen and oxygen atoms in total. The molecule has 1 aromatic heterocycles. The van der Waals surface area contributed by atoms with Crippen LogP contribution in [-0.2, 0) is 0 Å². The molecule has 0 aliphatic heterocycles. The molecule has 0 aromatic carbocycles. The molecule has 3 heteroatoms. The van der Waals surface area contributed by atoms with Crippen LogP contribution in [0.4, 0.5) is 4.39 Å². The van der Waals surface area contributed by atoms with E-state index in [0.29, 0.717) is 16.1 Å². The van der Waals surface area contributed by atoms with Gasteiger partial charge in [-0.2, -0.15) is 0 Å². The Morgan fingerprint density at radius 3 is 2.91 bits per heavy atom. The fourth-order valence-electron chi connectivity index (χ4n) is 1.08. The molecule has 0 unspecified atom stereocenters. The normalized spacial score (nSPS) is 16.9. The van der Waals surface area contributed by atoms with Gasteiger partial charge in [0, 0.05) is 12.1 Å². The van der Waals surface area contributed by atoms with Crippen LogP contribution in [0.25, 0.3) is 0 Å². The Balaban J connectivity index is 2.45. The first kappa shape index (κ1) is 7.22. The molecule has 0 N–H and O–H groups in total. The zero-order chi connectivity index (χ0) is 7.84. The maximum atomic E-state index is 13.2. The second-order valence-corrected chi connectivity index (χ2v) is 3.62. The van der Waals surface area contributed by atoms with Crippen molar-refractivity contribution in [1.29, 1.82) is 0 Å². The van der Waals surface area contributed by atoms with Crippen LogP contribution in [0.3, 0.4) is 0 Å². The summed E-state index contributed by atoms with van der Waals surface area (Å²) in [6.45, 7) is 0. The smallest absolute Gasteiger partial charge is 0.159 e. The van der Waals surface area contributed by atoms with Gasteiger partial charge in [0.15, 0.2) is 5.82 Å². The first-order valence-corrected chi connectivity index (χ1v) is 4.38. The van der Waals surface area contributed by atoms with Crippen LogP contribution in [-0.4, -0.2) is 4.98 Å². The maximum Gasteiger partial charge on any atom is 0.159 e. The summed E-state index contributed by atoms with van der Waals surface area (Å²) >= 11 is 3.13. The van der Waals surface area contributed by atoms with Crippen molar-refractivity contribution in [3.05, 3.63) is 28.2 Å². The van der Waals surface area contributed by atoms with E-state index in [1.54, 1.807) is 12.3 Å².